The lowest BCUT2D eigenvalue weighted by atomic mass is 10.1. The van der Waals surface area contributed by atoms with Crippen LogP contribution < -0.4 is 5.73 Å². The average Bonchev–Trinajstić information content (AvgIpc) is 2.22. The van der Waals surface area contributed by atoms with E-state index in [4.69, 9.17) is 5.73 Å². The smallest absolute Gasteiger partial charge is 0.0110 e. The summed E-state index contributed by atoms with van der Waals surface area (Å²) in [5.74, 6) is 0.857. The molecule has 1 fully saturated rings. The number of piperazine rings is 1. The molecule has 0 bridgehead atoms. The van der Waals surface area contributed by atoms with Gasteiger partial charge in [0.15, 0.2) is 0 Å². The molecule has 0 saturated carbocycles. The molecule has 90 valence electrons. The Labute approximate surface area is 94.6 Å². The van der Waals surface area contributed by atoms with Crippen LogP contribution in [0.15, 0.2) is 0 Å². The van der Waals surface area contributed by atoms with Gasteiger partial charge in [0.05, 0.1) is 0 Å². The number of hydrogen-bond donors (Lipinski definition) is 1. The lowest BCUT2D eigenvalue weighted by molar-refractivity contribution is 0.121. The molecule has 0 aromatic heterocycles. The van der Waals surface area contributed by atoms with Gasteiger partial charge in [-0.15, -0.1) is 0 Å². The van der Waals surface area contributed by atoms with Crippen molar-refractivity contribution in [3.05, 3.63) is 0 Å². The molecule has 1 aliphatic rings. The number of hydrogen-bond acceptors (Lipinski definition) is 3. The second kappa shape index (κ2) is 7.20. The summed E-state index contributed by atoms with van der Waals surface area (Å²) in [4.78, 5) is 5.08. The lowest BCUT2D eigenvalue weighted by Gasteiger charge is -2.35. The van der Waals surface area contributed by atoms with Gasteiger partial charge < -0.3 is 10.6 Å². The highest BCUT2D eigenvalue weighted by atomic mass is 15.3. The zero-order valence-corrected chi connectivity index (χ0v) is 10.4. The number of nitrogens with two attached hydrogens (primary N) is 1. The summed E-state index contributed by atoms with van der Waals surface area (Å²) in [5, 5.41) is 0. The van der Waals surface area contributed by atoms with E-state index >= 15 is 0 Å². The van der Waals surface area contributed by atoms with Gasteiger partial charge in [0.1, 0.15) is 0 Å². The van der Waals surface area contributed by atoms with Crippen molar-refractivity contribution in [1.29, 1.82) is 0 Å². The first-order chi connectivity index (χ1) is 7.26. The predicted molar refractivity (Wildman–Crippen MR) is 66.0 cm³/mol. The maximum Gasteiger partial charge on any atom is 0.0110 e. The SMILES string of the molecule is CCCC(C)CN1CCN(CCN)CC1. The Morgan fingerprint density at radius 2 is 1.73 bits per heavy atom. The van der Waals surface area contributed by atoms with E-state index in [1.165, 1.54) is 45.6 Å². The van der Waals surface area contributed by atoms with Crippen LogP contribution in [0.5, 0.6) is 0 Å². The van der Waals surface area contributed by atoms with Gasteiger partial charge in [-0.3, -0.25) is 4.90 Å². The van der Waals surface area contributed by atoms with Crippen molar-refractivity contribution in [2.24, 2.45) is 11.7 Å². The minimum Gasteiger partial charge on any atom is -0.329 e. The third-order valence-electron chi connectivity index (χ3n) is 3.26. The third-order valence-corrected chi connectivity index (χ3v) is 3.26. The standard InChI is InChI=1S/C12H27N3/c1-3-4-12(2)11-15-9-7-14(6-5-13)8-10-15/h12H,3-11,13H2,1-2H3. The van der Waals surface area contributed by atoms with Crippen LogP contribution in [0.3, 0.4) is 0 Å². The van der Waals surface area contributed by atoms with Crippen LogP contribution in [0.4, 0.5) is 0 Å². The molecule has 0 aromatic carbocycles. The summed E-state index contributed by atoms with van der Waals surface area (Å²) < 4.78 is 0. The van der Waals surface area contributed by atoms with Crippen molar-refractivity contribution in [3.8, 4) is 0 Å². The fourth-order valence-electron chi connectivity index (χ4n) is 2.40. The summed E-state index contributed by atoms with van der Waals surface area (Å²) in [5.41, 5.74) is 5.56. The Bertz CT molecular complexity index is 153. The van der Waals surface area contributed by atoms with Gasteiger partial charge in [0.2, 0.25) is 0 Å². The van der Waals surface area contributed by atoms with Crippen LogP contribution in [-0.4, -0.2) is 55.6 Å². The Balaban J connectivity index is 2.14. The molecule has 15 heavy (non-hydrogen) atoms. The lowest BCUT2D eigenvalue weighted by Crippen LogP contribution is -2.48. The fraction of sp³-hybridized carbons (Fsp3) is 1.00. The van der Waals surface area contributed by atoms with Gasteiger partial charge in [0.25, 0.3) is 0 Å². The van der Waals surface area contributed by atoms with E-state index in [-0.39, 0.29) is 0 Å². The molecule has 1 aliphatic heterocycles. The van der Waals surface area contributed by atoms with Gasteiger partial charge in [-0.05, 0) is 12.3 Å². The average molecular weight is 213 g/mol. The quantitative estimate of drug-likeness (QED) is 0.714. The molecule has 0 amide bonds. The summed E-state index contributed by atoms with van der Waals surface area (Å²) in [6, 6.07) is 0. The predicted octanol–water partition coefficient (Wildman–Crippen LogP) is 0.999. The highest BCUT2D eigenvalue weighted by Crippen LogP contribution is 2.09. The Hall–Kier alpha value is -0.120. The van der Waals surface area contributed by atoms with Crippen LogP contribution in [0.2, 0.25) is 0 Å². The second-order valence-corrected chi connectivity index (χ2v) is 4.82. The van der Waals surface area contributed by atoms with Crippen molar-refractivity contribution in [3.63, 3.8) is 0 Å². The van der Waals surface area contributed by atoms with Crippen LogP contribution in [-0.2, 0) is 0 Å². The van der Waals surface area contributed by atoms with Crippen molar-refractivity contribution in [2.75, 3.05) is 45.8 Å². The molecule has 3 heteroatoms. The first-order valence-corrected chi connectivity index (χ1v) is 6.41. The van der Waals surface area contributed by atoms with Crippen LogP contribution in [0, 0.1) is 5.92 Å². The van der Waals surface area contributed by atoms with Crippen molar-refractivity contribution >= 4 is 0 Å². The maximum absolute atomic E-state index is 5.56. The molecular formula is C12H27N3. The van der Waals surface area contributed by atoms with Crippen molar-refractivity contribution < 1.29 is 0 Å². The first-order valence-electron chi connectivity index (χ1n) is 6.41. The summed E-state index contributed by atoms with van der Waals surface area (Å²) >= 11 is 0. The van der Waals surface area contributed by atoms with E-state index in [1.54, 1.807) is 0 Å². The van der Waals surface area contributed by atoms with Crippen LogP contribution in [0.1, 0.15) is 26.7 Å². The minimum absolute atomic E-state index is 0.798. The van der Waals surface area contributed by atoms with E-state index in [0.29, 0.717) is 0 Å². The summed E-state index contributed by atoms with van der Waals surface area (Å²) in [6.45, 7) is 12.7. The van der Waals surface area contributed by atoms with Crippen LogP contribution >= 0.6 is 0 Å². The third kappa shape index (κ3) is 4.96. The van der Waals surface area contributed by atoms with Crippen molar-refractivity contribution in [1.82, 2.24) is 9.80 Å². The minimum atomic E-state index is 0.798. The second-order valence-electron chi connectivity index (χ2n) is 4.82. The maximum atomic E-state index is 5.56. The van der Waals surface area contributed by atoms with Gasteiger partial charge in [0, 0.05) is 45.8 Å². The summed E-state index contributed by atoms with van der Waals surface area (Å²) in [7, 11) is 0. The van der Waals surface area contributed by atoms with Gasteiger partial charge in [-0.2, -0.15) is 0 Å². The highest BCUT2D eigenvalue weighted by Gasteiger charge is 2.17. The van der Waals surface area contributed by atoms with Gasteiger partial charge in [-0.1, -0.05) is 20.3 Å². The number of rotatable bonds is 6. The molecular weight excluding hydrogens is 186 g/mol. The van der Waals surface area contributed by atoms with E-state index in [0.717, 1.165) is 19.0 Å². The van der Waals surface area contributed by atoms with Gasteiger partial charge >= 0.3 is 0 Å². The molecule has 1 saturated heterocycles. The van der Waals surface area contributed by atoms with E-state index in [1.807, 2.05) is 0 Å². The highest BCUT2D eigenvalue weighted by molar-refractivity contribution is 4.73. The molecule has 1 heterocycles. The molecule has 0 aliphatic carbocycles. The fourth-order valence-corrected chi connectivity index (χ4v) is 2.40. The molecule has 0 aromatic rings. The largest absolute Gasteiger partial charge is 0.329 e. The van der Waals surface area contributed by atoms with E-state index < -0.39 is 0 Å². The topological polar surface area (TPSA) is 32.5 Å². The van der Waals surface area contributed by atoms with Gasteiger partial charge in [-0.25, -0.2) is 0 Å². The first kappa shape index (κ1) is 12.9. The Kier molecular flexibility index (Phi) is 6.22. The molecule has 2 N–H and O–H groups in total. The summed E-state index contributed by atoms with van der Waals surface area (Å²) in [6.07, 6.45) is 2.68. The van der Waals surface area contributed by atoms with E-state index in [9.17, 15) is 0 Å². The normalized spacial score (nSPS) is 21.8. The zero-order valence-electron chi connectivity index (χ0n) is 10.4. The Morgan fingerprint density at radius 3 is 2.27 bits per heavy atom. The Morgan fingerprint density at radius 1 is 1.13 bits per heavy atom. The van der Waals surface area contributed by atoms with E-state index in [2.05, 4.69) is 23.6 Å². The zero-order chi connectivity index (χ0) is 11.1. The molecule has 0 spiro atoms. The number of nitrogens with zero attached hydrogens (tertiary/aromatic N) is 2. The molecule has 1 atom stereocenters. The van der Waals surface area contributed by atoms with Crippen molar-refractivity contribution in [2.45, 2.75) is 26.7 Å². The molecule has 3 nitrogen and oxygen atoms in total. The molecule has 0 radical (unpaired) electrons. The molecule has 1 unspecified atom stereocenters. The molecule has 1 rings (SSSR count). The van der Waals surface area contributed by atoms with Crippen LogP contribution in [0.25, 0.3) is 0 Å². The monoisotopic (exact) mass is 213 g/mol.